The van der Waals surface area contributed by atoms with E-state index in [1.165, 1.54) is 25.7 Å². The molecule has 4 atom stereocenters. The number of nitrogens with one attached hydrogen (secondary N) is 2. The van der Waals surface area contributed by atoms with Gasteiger partial charge in [0.15, 0.2) is 0 Å². The summed E-state index contributed by atoms with van der Waals surface area (Å²) in [6, 6.07) is 0.955. The first-order chi connectivity index (χ1) is 10.1. The number of amides is 1. The van der Waals surface area contributed by atoms with Gasteiger partial charge in [0.2, 0.25) is 5.91 Å². The van der Waals surface area contributed by atoms with E-state index in [1.807, 2.05) is 0 Å². The lowest BCUT2D eigenvalue weighted by atomic mass is 9.78. The van der Waals surface area contributed by atoms with Gasteiger partial charge in [0.25, 0.3) is 0 Å². The molecular formula is C17H33N3O. The van der Waals surface area contributed by atoms with E-state index in [2.05, 4.69) is 36.3 Å². The molecule has 0 radical (unpaired) electrons. The van der Waals surface area contributed by atoms with Crippen LogP contribution in [0.25, 0.3) is 0 Å². The highest BCUT2D eigenvalue weighted by Crippen LogP contribution is 2.29. The molecule has 1 aliphatic carbocycles. The third-order valence-electron chi connectivity index (χ3n) is 5.51. The molecule has 0 aromatic carbocycles. The zero-order valence-corrected chi connectivity index (χ0v) is 14.0. The molecule has 0 spiro atoms. The molecule has 1 saturated carbocycles. The zero-order valence-electron chi connectivity index (χ0n) is 14.0. The van der Waals surface area contributed by atoms with Crippen LogP contribution >= 0.6 is 0 Å². The predicted octanol–water partition coefficient (Wildman–Crippen LogP) is 2.00. The topological polar surface area (TPSA) is 44.4 Å². The zero-order chi connectivity index (χ0) is 15.2. The van der Waals surface area contributed by atoms with Crippen molar-refractivity contribution in [3.8, 4) is 0 Å². The van der Waals surface area contributed by atoms with Crippen molar-refractivity contribution >= 4 is 5.91 Å². The number of carbonyl (C=O) groups is 1. The fourth-order valence-electron chi connectivity index (χ4n) is 3.77. The second-order valence-electron chi connectivity index (χ2n) is 7.06. The Morgan fingerprint density at radius 2 is 2.05 bits per heavy atom. The van der Waals surface area contributed by atoms with Gasteiger partial charge in [0, 0.05) is 18.6 Å². The number of carbonyl (C=O) groups excluding carboxylic acids is 1. The van der Waals surface area contributed by atoms with Crippen molar-refractivity contribution in [2.75, 3.05) is 26.2 Å². The second kappa shape index (κ2) is 8.14. The lowest BCUT2D eigenvalue weighted by Crippen LogP contribution is -2.48. The minimum atomic E-state index is 0.209. The van der Waals surface area contributed by atoms with Gasteiger partial charge < -0.3 is 10.6 Å². The molecule has 2 N–H and O–H groups in total. The summed E-state index contributed by atoms with van der Waals surface area (Å²) in [5, 5.41) is 6.80. The van der Waals surface area contributed by atoms with E-state index >= 15 is 0 Å². The first-order valence-corrected chi connectivity index (χ1v) is 8.85. The molecule has 1 saturated heterocycles. The van der Waals surface area contributed by atoms with Crippen LogP contribution in [0.2, 0.25) is 0 Å². The molecule has 2 aliphatic rings. The van der Waals surface area contributed by atoms with Crippen LogP contribution in [0.5, 0.6) is 0 Å². The molecule has 0 aromatic rings. The SMILES string of the molecule is CCN(CC(=O)NC1CCCC(C)C1C)CC1CCCN1. The first kappa shape index (κ1) is 16.8. The number of hydrogen-bond donors (Lipinski definition) is 2. The second-order valence-corrected chi connectivity index (χ2v) is 7.06. The van der Waals surface area contributed by atoms with Gasteiger partial charge in [0.05, 0.1) is 6.54 Å². The molecule has 1 amide bonds. The van der Waals surface area contributed by atoms with Crippen LogP contribution in [0.15, 0.2) is 0 Å². The summed E-state index contributed by atoms with van der Waals surface area (Å²) in [6.07, 6.45) is 6.22. The summed E-state index contributed by atoms with van der Waals surface area (Å²) in [5.74, 6) is 1.55. The summed E-state index contributed by atoms with van der Waals surface area (Å²) in [4.78, 5) is 14.6. The molecule has 1 heterocycles. The Hall–Kier alpha value is -0.610. The van der Waals surface area contributed by atoms with Crippen LogP contribution in [0.4, 0.5) is 0 Å². The van der Waals surface area contributed by atoms with Crippen LogP contribution in [0, 0.1) is 11.8 Å². The maximum atomic E-state index is 12.3. The summed E-state index contributed by atoms with van der Waals surface area (Å²) in [5.41, 5.74) is 0. The van der Waals surface area contributed by atoms with Gasteiger partial charge in [-0.25, -0.2) is 0 Å². The molecule has 0 bridgehead atoms. The summed E-state index contributed by atoms with van der Waals surface area (Å²) in [6.45, 7) is 10.4. The van der Waals surface area contributed by atoms with Crippen molar-refractivity contribution in [3.63, 3.8) is 0 Å². The minimum Gasteiger partial charge on any atom is -0.352 e. The normalized spacial score (nSPS) is 33.3. The number of rotatable bonds is 6. The van der Waals surface area contributed by atoms with E-state index in [4.69, 9.17) is 0 Å². The van der Waals surface area contributed by atoms with Gasteiger partial charge in [-0.15, -0.1) is 0 Å². The van der Waals surface area contributed by atoms with E-state index in [0.717, 1.165) is 32.0 Å². The van der Waals surface area contributed by atoms with Crippen molar-refractivity contribution < 1.29 is 4.79 Å². The number of likely N-dealkylation sites (N-methyl/N-ethyl adjacent to an activating group) is 1. The summed E-state index contributed by atoms with van der Waals surface area (Å²) >= 11 is 0. The summed E-state index contributed by atoms with van der Waals surface area (Å²) < 4.78 is 0. The van der Waals surface area contributed by atoms with Crippen LogP contribution < -0.4 is 10.6 Å². The Balaban J connectivity index is 1.76. The molecule has 1 aliphatic heterocycles. The fraction of sp³-hybridized carbons (Fsp3) is 0.941. The van der Waals surface area contributed by atoms with Crippen LogP contribution in [-0.4, -0.2) is 49.1 Å². The molecule has 21 heavy (non-hydrogen) atoms. The molecule has 0 aromatic heterocycles. The van der Waals surface area contributed by atoms with Crippen molar-refractivity contribution in [1.82, 2.24) is 15.5 Å². The van der Waals surface area contributed by atoms with E-state index in [9.17, 15) is 4.79 Å². The van der Waals surface area contributed by atoms with Crippen LogP contribution in [0.1, 0.15) is 52.9 Å². The number of hydrogen-bond acceptors (Lipinski definition) is 3. The average Bonchev–Trinajstić information content (AvgIpc) is 2.96. The van der Waals surface area contributed by atoms with Crippen molar-refractivity contribution in [1.29, 1.82) is 0 Å². The molecule has 2 rings (SSSR count). The van der Waals surface area contributed by atoms with Crippen molar-refractivity contribution in [2.45, 2.75) is 65.0 Å². The Bertz CT molecular complexity index is 328. The van der Waals surface area contributed by atoms with Gasteiger partial charge in [-0.1, -0.05) is 33.6 Å². The molecule has 122 valence electrons. The predicted molar refractivity (Wildman–Crippen MR) is 87.2 cm³/mol. The maximum absolute atomic E-state index is 12.3. The quantitative estimate of drug-likeness (QED) is 0.788. The van der Waals surface area contributed by atoms with Crippen LogP contribution in [0.3, 0.4) is 0 Å². The monoisotopic (exact) mass is 295 g/mol. The highest BCUT2D eigenvalue weighted by atomic mass is 16.2. The van der Waals surface area contributed by atoms with E-state index in [1.54, 1.807) is 0 Å². The highest BCUT2D eigenvalue weighted by Gasteiger charge is 2.28. The third kappa shape index (κ3) is 4.96. The Kier molecular flexibility index (Phi) is 6.49. The smallest absolute Gasteiger partial charge is 0.234 e. The summed E-state index contributed by atoms with van der Waals surface area (Å²) in [7, 11) is 0. The molecular weight excluding hydrogens is 262 g/mol. The van der Waals surface area contributed by atoms with E-state index in [-0.39, 0.29) is 5.91 Å². The standard InChI is InChI=1S/C17H33N3O/c1-4-20(11-15-8-6-10-18-15)12-17(21)19-16-9-5-7-13(2)14(16)3/h13-16,18H,4-12H2,1-3H3,(H,19,21). The Labute approximate surface area is 130 Å². The molecule has 4 nitrogen and oxygen atoms in total. The Morgan fingerprint density at radius 1 is 1.24 bits per heavy atom. The van der Waals surface area contributed by atoms with Gasteiger partial charge in [-0.2, -0.15) is 0 Å². The minimum absolute atomic E-state index is 0.209. The lowest BCUT2D eigenvalue weighted by Gasteiger charge is -2.35. The van der Waals surface area contributed by atoms with Gasteiger partial charge in [-0.3, -0.25) is 9.69 Å². The maximum Gasteiger partial charge on any atom is 0.234 e. The number of nitrogens with zero attached hydrogens (tertiary/aromatic N) is 1. The highest BCUT2D eigenvalue weighted by molar-refractivity contribution is 5.78. The molecule has 2 fully saturated rings. The van der Waals surface area contributed by atoms with Crippen LogP contribution in [-0.2, 0) is 4.79 Å². The molecule has 4 unspecified atom stereocenters. The van der Waals surface area contributed by atoms with Gasteiger partial charge in [-0.05, 0) is 44.2 Å². The lowest BCUT2D eigenvalue weighted by molar-refractivity contribution is -0.123. The van der Waals surface area contributed by atoms with Gasteiger partial charge >= 0.3 is 0 Å². The Morgan fingerprint density at radius 3 is 2.71 bits per heavy atom. The largest absolute Gasteiger partial charge is 0.352 e. The van der Waals surface area contributed by atoms with E-state index < -0.39 is 0 Å². The molecule has 4 heteroatoms. The first-order valence-electron chi connectivity index (χ1n) is 8.85. The van der Waals surface area contributed by atoms with Crippen molar-refractivity contribution in [2.24, 2.45) is 11.8 Å². The fourth-order valence-corrected chi connectivity index (χ4v) is 3.77. The van der Waals surface area contributed by atoms with Crippen molar-refractivity contribution in [3.05, 3.63) is 0 Å². The van der Waals surface area contributed by atoms with E-state index in [0.29, 0.717) is 24.5 Å². The average molecular weight is 295 g/mol. The van der Waals surface area contributed by atoms with Gasteiger partial charge in [0.1, 0.15) is 0 Å². The third-order valence-corrected chi connectivity index (χ3v) is 5.51.